The summed E-state index contributed by atoms with van der Waals surface area (Å²) in [7, 11) is -3.89. The van der Waals surface area contributed by atoms with Gasteiger partial charge in [-0.1, -0.05) is 53.4 Å². The maximum absolute atomic E-state index is 13.9. The van der Waals surface area contributed by atoms with Crippen molar-refractivity contribution in [3.8, 4) is 0 Å². The van der Waals surface area contributed by atoms with E-state index in [9.17, 15) is 22.8 Å². The summed E-state index contributed by atoms with van der Waals surface area (Å²) in [6.07, 6.45) is 5.82. The third-order valence-corrected chi connectivity index (χ3v) is 9.55. The van der Waals surface area contributed by atoms with E-state index >= 15 is 0 Å². The van der Waals surface area contributed by atoms with Gasteiger partial charge in [0.05, 0.1) is 17.0 Å². The van der Waals surface area contributed by atoms with Crippen LogP contribution >= 0.6 is 0 Å². The fourth-order valence-electron chi connectivity index (χ4n) is 5.98. The topological polar surface area (TPSA) is 118 Å². The van der Waals surface area contributed by atoms with Crippen molar-refractivity contribution in [1.82, 2.24) is 4.90 Å². The van der Waals surface area contributed by atoms with E-state index in [0.29, 0.717) is 0 Å². The van der Waals surface area contributed by atoms with E-state index < -0.39 is 22.0 Å². The Kier molecular flexibility index (Phi) is 6.17. The van der Waals surface area contributed by atoms with E-state index in [0.717, 1.165) is 43.4 Å². The average molecular weight is 490 g/mol. The van der Waals surface area contributed by atoms with Gasteiger partial charge >= 0.3 is 0 Å². The molecule has 4 rings (SSSR count). The Bertz CT molecular complexity index is 1090. The number of benzene rings is 1. The van der Waals surface area contributed by atoms with E-state index in [1.54, 1.807) is 4.90 Å². The summed E-state index contributed by atoms with van der Waals surface area (Å²) < 4.78 is 23.1. The summed E-state index contributed by atoms with van der Waals surface area (Å²) in [6, 6.07) is 4.47. The van der Waals surface area contributed by atoms with Crippen molar-refractivity contribution < 1.29 is 22.8 Å². The molecule has 1 heterocycles. The Morgan fingerprint density at radius 1 is 0.971 bits per heavy atom. The van der Waals surface area contributed by atoms with Crippen LogP contribution < -0.4 is 10.0 Å². The van der Waals surface area contributed by atoms with Gasteiger partial charge in [-0.3, -0.25) is 14.4 Å². The number of anilines is 1. The number of hydrogen-bond acceptors (Lipinski definition) is 5. The molecule has 2 saturated carbocycles. The third kappa shape index (κ3) is 4.06. The zero-order chi connectivity index (χ0) is 25.1. The van der Waals surface area contributed by atoms with Crippen molar-refractivity contribution in [2.45, 2.75) is 89.6 Å². The predicted octanol–water partition coefficient (Wildman–Crippen LogP) is 3.20. The molecule has 2 N–H and O–H groups in total. The highest BCUT2D eigenvalue weighted by Gasteiger charge is 2.69. The zero-order valence-corrected chi connectivity index (χ0v) is 21.2. The highest BCUT2D eigenvalue weighted by molar-refractivity contribution is 7.89. The van der Waals surface area contributed by atoms with Gasteiger partial charge in [0.2, 0.25) is 21.8 Å². The lowest BCUT2D eigenvalue weighted by Gasteiger charge is -2.36. The molecule has 186 valence electrons. The van der Waals surface area contributed by atoms with Crippen LogP contribution in [0.5, 0.6) is 0 Å². The minimum Gasteiger partial charge on any atom is -0.327 e. The summed E-state index contributed by atoms with van der Waals surface area (Å²) in [5.74, 6) is -1.05. The zero-order valence-electron chi connectivity index (χ0n) is 20.4. The van der Waals surface area contributed by atoms with E-state index in [4.69, 9.17) is 5.14 Å². The molecule has 3 amide bonds. The number of hydrogen-bond donors (Lipinski definition) is 1. The number of amides is 3. The van der Waals surface area contributed by atoms with Crippen LogP contribution in [0.2, 0.25) is 0 Å². The van der Waals surface area contributed by atoms with Crippen LogP contribution in [0, 0.1) is 16.7 Å². The van der Waals surface area contributed by atoms with Crippen LogP contribution in [-0.4, -0.2) is 43.1 Å². The first kappa shape index (κ1) is 24.9. The molecule has 8 nitrogen and oxygen atoms in total. The first-order valence-electron chi connectivity index (χ1n) is 12.1. The van der Waals surface area contributed by atoms with Crippen LogP contribution in [-0.2, 0) is 24.4 Å². The molecular formula is C25H35N3O5S. The van der Waals surface area contributed by atoms with Crippen LogP contribution in [0.1, 0.15) is 72.6 Å². The third-order valence-electron chi connectivity index (χ3n) is 8.62. The van der Waals surface area contributed by atoms with E-state index in [1.807, 2.05) is 0 Å². The Hall–Kier alpha value is -2.26. The summed E-state index contributed by atoms with van der Waals surface area (Å²) in [4.78, 5) is 43.3. The molecule has 3 aliphatic rings. The van der Waals surface area contributed by atoms with Gasteiger partial charge in [0.25, 0.3) is 5.91 Å². The van der Waals surface area contributed by atoms with Gasteiger partial charge in [-0.2, -0.15) is 0 Å². The van der Waals surface area contributed by atoms with E-state index in [1.165, 1.54) is 24.3 Å². The maximum Gasteiger partial charge on any atom is 0.257 e. The van der Waals surface area contributed by atoms with E-state index in [2.05, 4.69) is 27.7 Å². The lowest BCUT2D eigenvalue weighted by molar-refractivity contribution is -0.143. The molecule has 1 aromatic carbocycles. The van der Waals surface area contributed by atoms with Gasteiger partial charge < -0.3 is 4.90 Å². The Morgan fingerprint density at radius 2 is 1.50 bits per heavy atom. The first-order valence-corrected chi connectivity index (χ1v) is 13.6. The van der Waals surface area contributed by atoms with Crippen molar-refractivity contribution in [2.75, 3.05) is 4.90 Å². The molecule has 0 bridgehead atoms. The number of carbonyl (C=O) groups is 3. The van der Waals surface area contributed by atoms with Gasteiger partial charge in [0.15, 0.2) is 0 Å². The van der Waals surface area contributed by atoms with Crippen molar-refractivity contribution in [3.63, 3.8) is 0 Å². The van der Waals surface area contributed by atoms with Crippen LogP contribution in [0.15, 0.2) is 29.2 Å². The van der Waals surface area contributed by atoms with Gasteiger partial charge in [-0.05, 0) is 47.9 Å². The molecule has 1 aliphatic heterocycles. The average Bonchev–Trinajstić information content (AvgIpc) is 3.17. The number of primary sulfonamides is 1. The number of nitrogens with two attached hydrogens (primary N) is 1. The van der Waals surface area contributed by atoms with Gasteiger partial charge in [-0.15, -0.1) is 0 Å². The first-order chi connectivity index (χ1) is 15.8. The molecule has 9 heteroatoms. The second-order valence-electron chi connectivity index (χ2n) is 11.1. The molecule has 0 radical (unpaired) electrons. The lowest BCUT2D eigenvalue weighted by Crippen LogP contribution is -2.52. The fraction of sp³-hybridized carbons (Fsp3) is 0.640. The van der Waals surface area contributed by atoms with Gasteiger partial charge in [0, 0.05) is 12.0 Å². The molecule has 1 unspecified atom stereocenters. The Morgan fingerprint density at radius 3 is 1.97 bits per heavy atom. The predicted molar refractivity (Wildman–Crippen MR) is 128 cm³/mol. The second kappa shape index (κ2) is 8.45. The molecule has 0 aromatic heterocycles. The molecule has 1 saturated heterocycles. The highest BCUT2D eigenvalue weighted by Crippen LogP contribution is 2.69. The summed E-state index contributed by atoms with van der Waals surface area (Å²) in [6.45, 7) is 8.34. The van der Waals surface area contributed by atoms with Crippen molar-refractivity contribution >= 4 is 33.4 Å². The monoisotopic (exact) mass is 489 g/mol. The SMILES string of the molecule is CC1(C)C(C(=O)N(C2CCCCCC2)C2CC(=O)N(c3ccc(S(N)(=O)=O)cc3)C2=O)C1(C)C. The molecular weight excluding hydrogens is 454 g/mol. The quantitative estimate of drug-likeness (QED) is 0.503. The van der Waals surface area contributed by atoms with E-state index in [-0.39, 0.29) is 51.6 Å². The Labute approximate surface area is 201 Å². The largest absolute Gasteiger partial charge is 0.327 e. The van der Waals surface area contributed by atoms with Crippen molar-refractivity contribution in [3.05, 3.63) is 24.3 Å². The van der Waals surface area contributed by atoms with Gasteiger partial charge in [0.1, 0.15) is 6.04 Å². The number of sulfonamides is 1. The second-order valence-corrected chi connectivity index (χ2v) is 12.7. The van der Waals surface area contributed by atoms with Crippen molar-refractivity contribution in [1.29, 1.82) is 0 Å². The molecule has 0 spiro atoms. The van der Waals surface area contributed by atoms with Crippen LogP contribution in [0.3, 0.4) is 0 Å². The lowest BCUT2D eigenvalue weighted by atomic mass is 10.0. The molecule has 34 heavy (non-hydrogen) atoms. The summed E-state index contributed by atoms with van der Waals surface area (Å²) in [5, 5.41) is 5.16. The van der Waals surface area contributed by atoms with Crippen LogP contribution in [0.4, 0.5) is 5.69 Å². The van der Waals surface area contributed by atoms with Crippen molar-refractivity contribution in [2.24, 2.45) is 21.9 Å². The minimum absolute atomic E-state index is 0.0283. The smallest absolute Gasteiger partial charge is 0.257 e. The Balaban J connectivity index is 1.66. The van der Waals surface area contributed by atoms with Crippen LogP contribution in [0.25, 0.3) is 0 Å². The fourth-order valence-corrected chi connectivity index (χ4v) is 6.49. The summed E-state index contributed by atoms with van der Waals surface area (Å²) >= 11 is 0. The standard InChI is InChI=1S/C25H35N3O5S/c1-24(2)21(25(24,3)4)23(31)27(16-9-7-5-6-8-10-16)19-15-20(29)28(22(19)30)17-11-13-18(14-12-17)34(26,32)33/h11-14,16,19,21H,5-10,15H2,1-4H3,(H2,26,32,33). The number of nitrogens with zero attached hydrogens (tertiary/aromatic N) is 2. The molecule has 1 atom stereocenters. The number of imide groups is 1. The molecule has 1 aromatic rings. The molecule has 2 aliphatic carbocycles. The molecule has 3 fully saturated rings. The van der Waals surface area contributed by atoms with Gasteiger partial charge in [-0.25, -0.2) is 18.5 Å². The maximum atomic E-state index is 13.9. The number of rotatable bonds is 5. The minimum atomic E-state index is -3.89. The number of carbonyl (C=O) groups excluding carboxylic acids is 3. The highest BCUT2D eigenvalue weighted by atomic mass is 32.2. The normalized spacial score (nSPS) is 25.3. The summed E-state index contributed by atoms with van der Waals surface area (Å²) in [5.41, 5.74) is -0.0746.